The fourth-order valence-electron chi connectivity index (χ4n) is 2.48. The number of anilines is 2. The standard InChI is InChI=1S/C15H24N2O2/c1-2-19-15-10-12(16)9-14(11-15)17(7-4-8-18)13-5-3-6-13/h9-11,13,18H,2-8,16H2,1H3. The van der Waals surface area contributed by atoms with Crippen molar-refractivity contribution < 1.29 is 9.84 Å². The molecule has 0 saturated heterocycles. The summed E-state index contributed by atoms with van der Waals surface area (Å²) in [5, 5.41) is 9.05. The van der Waals surface area contributed by atoms with Gasteiger partial charge in [0.05, 0.1) is 6.61 Å². The second kappa shape index (κ2) is 6.66. The van der Waals surface area contributed by atoms with Gasteiger partial charge in [-0.15, -0.1) is 0 Å². The van der Waals surface area contributed by atoms with Gasteiger partial charge >= 0.3 is 0 Å². The number of aliphatic hydroxyl groups excluding tert-OH is 1. The third-order valence-electron chi connectivity index (χ3n) is 3.63. The Hall–Kier alpha value is -1.42. The van der Waals surface area contributed by atoms with Crippen LogP contribution in [-0.2, 0) is 0 Å². The number of aliphatic hydroxyl groups is 1. The van der Waals surface area contributed by atoms with Crippen LogP contribution in [0.15, 0.2) is 18.2 Å². The first-order valence-corrected chi connectivity index (χ1v) is 7.15. The monoisotopic (exact) mass is 264 g/mol. The van der Waals surface area contributed by atoms with E-state index in [1.165, 1.54) is 19.3 Å². The smallest absolute Gasteiger partial charge is 0.123 e. The van der Waals surface area contributed by atoms with Gasteiger partial charge in [0.25, 0.3) is 0 Å². The SMILES string of the molecule is CCOc1cc(N)cc(N(CCCO)C2CCC2)c1. The van der Waals surface area contributed by atoms with E-state index in [0.717, 1.165) is 30.1 Å². The van der Waals surface area contributed by atoms with Gasteiger partial charge in [0, 0.05) is 42.7 Å². The third kappa shape index (κ3) is 3.53. The molecule has 4 heteroatoms. The molecule has 1 fully saturated rings. The average molecular weight is 264 g/mol. The highest BCUT2D eigenvalue weighted by atomic mass is 16.5. The Labute approximate surface area is 115 Å². The van der Waals surface area contributed by atoms with Crippen molar-refractivity contribution in [3.05, 3.63) is 18.2 Å². The highest BCUT2D eigenvalue weighted by Gasteiger charge is 2.25. The van der Waals surface area contributed by atoms with Crippen LogP contribution in [0.25, 0.3) is 0 Å². The molecule has 1 saturated carbocycles. The number of hydrogen-bond donors (Lipinski definition) is 2. The van der Waals surface area contributed by atoms with Gasteiger partial charge < -0.3 is 20.5 Å². The summed E-state index contributed by atoms with van der Waals surface area (Å²) >= 11 is 0. The molecule has 1 aliphatic carbocycles. The molecule has 0 heterocycles. The molecule has 1 aliphatic rings. The minimum absolute atomic E-state index is 0.226. The maximum absolute atomic E-state index is 9.05. The van der Waals surface area contributed by atoms with E-state index in [4.69, 9.17) is 15.6 Å². The number of rotatable bonds is 7. The van der Waals surface area contributed by atoms with Crippen LogP contribution < -0.4 is 15.4 Å². The van der Waals surface area contributed by atoms with Crippen molar-refractivity contribution in [2.24, 2.45) is 0 Å². The summed E-state index contributed by atoms with van der Waals surface area (Å²) in [5.41, 5.74) is 7.80. The van der Waals surface area contributed by atoms with E-state index in [0.29, 0.717) is 12.6 Å². The Bertz CT molecular complexity index is 405. The van der Waals surface area contributed by atoms with Crippen LogP contribution in [0, 0.1) is 0 Å². The Kier molecular flexibility index (Phi) is 4.91. The largest absolute Gasteiger partial charge is 0.494 e. The lowest BCUT2D eigenvalue weighted by Gasteiger charge is -2.39. The van der Waals surface area contributed by atoms with Crippen molar-refractivity contribution in [3.63, 3.8) is 0 Å². The van der Waals surface area contributed by atoms with Crippen LogP contribution in [0.3, 0.4) is 0 Å². The van der Waals surface area contributed by atoms with Crippen molar-refractivity contribution in [1.29, 1.82) is 0 Å². The summed E-state index contributed by atoms with van der Waals surface area (Å²) in [5.74, 6) is 0.825. The van der Waals surface area contributed by atoms with E-state index in [-0.39, 0.29) is 6.61 Å². The van der Waals surface area contributed by atoms with Crippen LogP contribution in [0.1, 0.15) is 32.6 Å². The minimum Gasteiger partial charge on any atom is -0.494 e. The maximum atomic E-state index is 9.05. The first-order chi connectivity index (χ1) is 9.24. The summed E-state index contributed by atoms with van der Waals surface area (Å²) in [6.07, 6.45) is 4.53. The molecule has 0 atom stereocenters. The van der Waals surface area contributed by atoms with Crippen molar-refractivity contribution >= 4 is 11.4 Å². The first-order valence-electron chi connectivity index (χ1n) is 7.15. The summed E-state index contributed by atoms with van der Waals surface area (Å²) in [6.45, 7) is 3.71. The summed E-state index contributed by atoms with van der Waals surface area (Å²) in [6, 6.07) is 6.49. The average Bonchev–Trinajstić information content (AvgIpc) is 2.31. The number of ether oxygens (including phenoxy) is 1. The normalized spacial score (nSPS) is 15.1. The van der Waals surface area contributed by atoms with Gasteiger partial charge in [0.1, 0.15) is 5.75 Å². The van der Waals surface area contributed by atoms with Gasteiger partial charge in [-0.05, 0) is 38.7 Å². The lowest BCUT2D eigenvalue weighted by molar-refractivity contribution is 0.283. The first kappa shape index (κ1) is 14.0. The molecule has 0 aromatic heterocycles. The molecule has 106 valence electrons. The second-order valence-electron chi connectivity index (χ2n) is 5.05. The zero-order chi connectivity index (χ0) is 13.7. The Morgan fingerprint density at radius 3 is 2.74 bits per heavy atom. The minimum atomic E-state index is 0.226. The van der Waals surface area contributed by atoms with Crippen molar-refractivity contribution in [2.75, 3.05) is 30.4 Å². The number of nitrogens with two attached hydrogens (primary N) is 1. The van der Waals surface area contributed by atoms with Gasteiger partial charge in [-0.2, -0.15) is 0 Å². The van der Waals surface area contributed by atoms with E-state index in [2.05, 4.69) is 11.0 Å². The molecule has 0 bridgehead atoms. The molecule has 1 aromatic rings. The zero-order valence-corrected chi connectivity index (χ0v) is 11.6. The predicted octanol–water partition coefficient (Wildman–Crippen LogP) is 2.41. The lowest BCUT2D eigenvalue weighted by Crippen LogP contribution is -2.41. The van der Waals surface area contributed by atoms with Gasteiger partial charge in [-0.25, -0.2) is 0 Å². The predicted molar refractivity (Wildman–Crippen MR) is 78.7 cm³/mol. The van der Waals surface area contributed by atoms with Gasteiger partial charge in [0.2, 0.25) is 0 Å². The number of nitrogens with zero attached hydrogens (tertiary/aromatic N) is 1. The van der Waals surface area contributed by atoms with Crippen LogP contribution >= 0.6 is 0 Å². The molecular weight excluding hydrogens is 240 g/mol. The molecule has 19 heavy (non-hydrogen) atoms. The molecule has 0 aliphatic heterocycles. The van der Waals surface area contributed by atoms with Crippen LogP contribution in [0.5, 0.6) is 5.75 Å². The number of benzene rings is 1. The number of hydrogen-bond acceptors (Lipinski definition) is 4. The highest BCUT2D eigenvalue weighted by Crippen LogP contribution is 2.33. The molecule has 1 aromatic carbocycles. The van der Waals surface area contributed by atoms with E-state index in [9.17, 15) is 0 Å². The van der Waals surface area contributed by atoms with Crippen LogP contribution in [-0.4, -0.2) is 30.9 Å². The fourth-order valence-corrected chi connectivity index (χ4v) is 2.48. The second-order valence-corrected chi connectivity index (χ2v) is 5.05. The van der Waals surface area contributed by atoms with Gasteiger partial charge in [-0.1, -0.05) is 0 Å². The lowest BCUT2D eigenvalue weighted by atomic mass is 9.91. The van der Waals surface area contributed by atoms with E-state index in [1.54, 1.807) is 0 Å². The zero-order valence-electron chi connectivity index (χ0n) is 11.6. The molecule has 3 N–H and O–H groups in total. The van der Waals surface area contributed by atoms with E-state index >= 15 is 0 Å². The Morgan fingerprint density at radius 2 is 2.16 bits per heavy atom. The molecule has 0 amide bonds. The molecule has 0 spiro atoms. The van der Waals surface area contributed by atoms with Crippen LogP contribution in [0.4, 0.5) is 11.4 Å². The van der Waals surface area contributed by atoms with E-state index in [1.807, 2.05) is 19.1 Å². The summed E-state index contributed by atoms with van der Waals surface area (Å²) in [4.78, 5) is 2.36. The molecule has 0 unspecified atom stereocenters. The third-order valence-corrected chi connectivity index (χ3v) is 3.63. The quantitative estimate of drug-likeness (QED) is 0.743. The Morgan fingerprint density at radius 1 is 1.37 bits per heavy atom. The molecule has 2 rings (SSSR count). The van der Waals surface area contributed by atoms with Gasteiger partial charge in [0.15, 0.2) is 0 Å². The summed E-state index contributed by atoms with van der Waals surface area (Å²) < 4.78 is 5.56. The maximum Gasteiger partial charge on any atom is 0.123 e. The van der Waals surface area contributed by atoms with Crippen LogP contribution in [0.2, 0.25) is 0 Å². The van der Waals surface area contributed by atoms with Crippen molar-refractivity contribution in [3.8, 4) is 5.75 Å². The fraction of sp³-hybridized carbons (Fsp3) is 0.600. The Balaban J connectivity index is 2.18. The summed E-state index contributed by atoms with van der Waals surface area (Å²) in [7, 11) is 0. The van der Waals surface area contributed by atoms with Gasteiger partial charge in [-0.3, -0.25) is 0 Å². The molecule has 0 radical (unpaired) electrons. The molecular formula is C15H24N2O2. The molecule has 4 nitrogen and oxygen atoms in total. The number of nitrogen functional groups attached to an aromatic ring is 1. The van der Waals surface area contributed by atoms with Crippen molar-refractivity contribution in [2.45, 2.75) is 38.6 Å². The topological polar surface area (TPSA) is 58.7 Å². The highest BCUT2D eigenvalue weighted by molar-refractivity contribution is 5.61. The van der Waals surface area contributed by atoms with Crippen molar-refractivity contribution in [1.82, 2.24) is 0 Å². The van der Waals surface area contributed by atoms with E-state index < -0.39 is 0 Å².